The van der Waals surface area contributed by atoms with E-state index in [-0.39, 0.29) is 32.6 Å². The monoisotopic (exact) mass is 571 g/mol. The standard InChI is InChI=1S/C29H21N3O6S2/c33-26-18-20(31-40(36,37)24-9-5-2-6-10-24)12-11-19(26)17-25-27(34)30-29(39)32(28(25)35)21-13-15-23(16-14-21)38-22-7-3-1-4-8-22/h1-18,31,33H,(H,30,34,39). The summed E-state index contributed by atoms with van der Waals surface area (Å²) < 4.78 is 33.3. The van der Waals surface area contributed by atoms with Crippen molar-refractivity contribution in [3.05, 3.63) is 114 Å². The van der Waals surface area contributed by atoms with Gasteiger partial charge in [-0.3, -0.25) is 24.5 Å². The third-order valence-corrected chi connectivity index (χ3v) is 7.49. The maximum atomic E-state index is 13.4. The van der Waals surface area contributed by atoms with Crippen molar-refractivity contribution in [3.63, 3.8) is 0 Å². The molecule has 0 atom stereocenters. The maximum Gasteiger partial charge on any atom is 0.270 e. The first kappa shape index (κ1) is 26.6. The van der Waals surface area contributed by atoms with E-state index in [1.807, 2.05) is 30.3 Å². The number of aromatic hydroxyl groups is 1. The highest BCUT2D eigenvalue weighted by Crippen LogP contribution is 2.29. The Labute approximate surface area is 235 Å². The Hall–Kier alpha value is -5.00. The minimum absolute atomic E-state index is 0.0564. The zero-order valence-corrected chi connectivity index (χ0v) is 22.3. The molecule has 1 saturated heterocycles. The van der Waals surface area contributed by atoms with Gasteiger partial charge in [0.15, 0.2) is 5.11 Å². The van der Waals surface area contributed by atoms with E-state index in [0.717, 1.165) is 4.90 Å². The summed E-state index contributed by atoms with van der Waals surface area (Å²) in [5.41, 5.74) is 0.353. The summed E-state index contributed by atoms with van der Waals surface area (Å²) in [6, 6.07) is 27.5. The van der Waals surface area contributed by atoms with Crippen molar-refractivity contribution in [1.29, 1.82) is 0 Å². The van der Waals surface area contributed by atoms with Crippen LogP contribution in [0.5, 0.6) is 17.2 Å². The molecule has 40 heavy (non-hydrogen) atoms. The molecule has 0 spiro atoms. The summed E-state index contributed by atoms with van der Waals surface area (Å²) in [6.07, 6.45) is 1.21. The largest absolute Gasteiger partial charge is 0.507 e. The first-order valence-corrected chi connectivity index (χ1v) is 13.8. The summed E-state index contributed by atoms with van der Waals surface area (Å²) in [6.45, 7) is 0. The number of hydrogen-bond donors (Lipinski definition) is 3. The van der Waals surface area contributed by atoms with Crippen molar-refractivity contribution in [1.82, 2.24) is 5.32 Å². The van der Waals surface area contributed by atoms with E-state index in [2.05, 4.69) is 10.0 Å². The first-order valence-electron chi connectivity index (χ1n) is 11.9. The molecule has 1 aliphatic heterocycles. The molecule has 9 nitrogen and oxygen atoms in total. The summed E-state index contributed by atoms with van der Waals surface area (Å²) in [5.74, 6) is -0.584. The molecule has 200 valence electrons. The number of carbonyl (C=O) groups excluding carboxylic acids is 2. The molecule has 3 N–H and O–H groups in total. The molecule has 0 saturated carbocycles. The van der Waals surface area contributed by atoms with Crippen molar-refractivity contribution in [2.45, 2.75) is 4.90 Å². The summed E-state index contributed by atoms with van der Waals surface area (Å²) >= 11 is 5.25. The lowest BCUT2D eigenvalue weighted by Crippen LogP contribution is -2.54. The lowest BCUT2D eigenvalue weighted by molar-refractivity contribution is -0.122. The number of nitrogens with zero attached hydrogens (tertiary/aromatic N) is 1. The molecular weight excluding hydrogens is 550 g/mol. The zero-order valence-electron chi connectivity index (χ0n) is 20.6. The van der Waals surface area contributed by atoms with Crippen LogP contribution in [-0.2, 0) is 19.6 Å². The molecule has 11 heteroatoms. The van der Waals surface area contributed by atoms with Crippen molar-refractivity contribution in [2.24, 2.45) is 0 Å². The van der Waals surface area contributed by atoms with Gasteiger partial charge >= 0.3 is 0 Å². The number of para-hydroxylation sites is 1. The van der Waals surface area contributed by atoms with Gasteiger partial charge in [-0.1, -0.05) is 36.4 Å². The van der Waals surface area contributed by atoms with E-state index < -0.39 is 21.8 Å². The van der Waals surface area contributed by atoms with Gasteiger partial charge in [-0.15, -0.1) is 0 Å². The Kier molecular flexibility index (Phi) is 7.32. The van der Waals surface area contributed by atoms with Crippen LogP contribution >= 0.6 is 12.2 Å². The number of ether oxygens (including phenoxy) is 1. The topological polar surface area (TPSA) is 125 Å². The van der Waals surface area contributed by atoms with Gasteiger partial charge in [-0.2, -0.15) is 0 Å². The van der Waals surface area contributed by atoms with Gasteiger partial charge in [0, 0.05) is 11.6 Å². The fraction of sp³-hybridized carbons (Fsp3) is 0. The van der Waals surface area contributed by atoms with Crippen molar-refractivity contribution < 1.29 is 27.9 Å². The van der Waals surface area contributed by atoms with Gasteiger partial charge in [0.1, 0.15) is 22.8 Å². The predicted molar refractivity (Wildman–Crippen MR) is 155 cm³/mol. The number of phenolic OH excluding ortho intramolecular Hbond substituents is 1. The van der Waals surface area contributed by atoms with Crippen LogP contribution in [0, 0.1) is 0 Å². The average Bonchev–Trinajstić information content (AvgIpc) is 2.94. The van der Waals surface area contributed by atoms with E-state index in [0.29, 0.717) is 17.2 Å². The number of benzene rings is 4. The second-order valence-corrected chi connectivity index (χ2v) is 10.6. The molecule has 2 amide bonds. The Morgan fingerprint density at radius 2 is 1.48 bits per heavy atom. The minimum atomic E-state index is -3.88. The molecule has 5 rings (SSSR count). The first-order chi connectivity index (χ1) is 19.2. The van der Waals surface area contributed by atoms with Gasteiger partial charge in [-0.25, -0.2) is 8.42 Å². The van der Waals surface area contributed by atoms with Crippen LogP contribution in [0.2, 0.25) is 0 Å². The van der Waals surface area contributed by atoms with Crippen molar-refractivity contribution in [3.8, 4) is 17.2 Å². The molecule has 0 aliphatic carbocycles. The lowest BCUT2D eigenvalue weighted by atomic mass is 10.1. The third kappa shape index (κ3) is 5.70. The number of rotatable bonds is 7. The lowest BCUT2D eigenvalue weighted by Gasteiger charge is -2.29. The quantitative estimate of drug-likeness (QED) is 0.165. The molecule has 1 fully saturated rings. The molecule has 1 heterocycles. The van der Waals surface area contributed by atoms with Crippen molar-refractivity contribution in [2.75, 3.05) is 9.62 Å². The third-order valence-electron chi connectivity index (χ3n) is 5.81. The molecule has 0 radical (unpaired) electrons. The molecule has 0 unspecified atom stereocenters. The summed E-state index contributed by atoms with van der Waals surface area (Å²) in [7, 11) is -3.88. The van der Waals surface area contributed by atoms with Gasteiger partial charge in [-0.05, 0) is 79.0 Å². The van der Waals surface area contributed by atoms with E-state index in [4.69, 9.17) is 17.0 Å². The number of amides is 2. The second kappa shape index (κ2) is 11.0. The van der Waals surface area contributed by atoms with E-state index in [9.17, 15) is 23.1 Å². The molecule has 0 bridgehead atoms. The number of thiocarbonyl (C=S) groups is 1. The predicted octanol–water partition coefficient (Wildman–Crippen LogP) is 4.82. The number of hydrogen-bond acceptors (Lipinski definition) is 7. The number of carbonyl (C=O) groups is 2. The molecule has 0 aromatic heterocycles. The fourth-order valence-corrected chi connectivity index (χ4v) is 5.23. The highest BCUT2D eigenvalue weighted by Gasteiger charge is 2.34. The maximum absolute atomic E-state index is 13.4. The van der Waals surface area contributed by atoms with Gasteiger partial charge in [0.2, 0.25) is 0 Å². The van der Waals surface area contributed by atoms with Crippen LogP contribution < -0.4 is 19.7 Å². The Morgan fingerprint density at radius 1 is 0.850 bits per heavy atom. The molecule has 4 aromatic carbocycles. The minimum Gasteiger partial charge on any atom is -0.507 e. The molecule has 4 aromatic rings. The molecular formula is C29H21N3O6S2. The van der Waals surface area contributed by atoms with Gasteiger partial charge < -0.3 is 9.84 Å². The highest BCUT2D eigenvalue weighted by atomic mass is 32.2. The van der Waals surface area contributed by atoms with Crippen LogP contribution in [0.25, 0.3) is 6.08 Å². The Bertz CT molecular complexity index is 1740. The van der Waals surface area contributed by atoms with Gasteiger partial charge in [0.05, 0.1) is 16.3 Å². The number of phenols is 1. The van der Waals surface area contributed by atoms with Crippen LogP contribution in [-0.4, -0.2) is 30.5 Å². The average molecular weight is 572 g/mol. The zero-order chi connectivity index (χ0) is 28.3. The Morgan fingerprint density at radius 3 is 2.12 bits per heavy atom. The van der Waals surface area contributed by atoms with E-state index >= 15 is 0 Å². The van der Waals surface area contributed by atoms with Crippen LogP contribution in [0.15, 0.2) is 114 Å². The smallest absolute Gasteiger partial charge is 0.270 e. The van der Waals surface area contributed by atoms with Crippen LogP contribution in [0.4, 0.5) is 11.4 Å². The number of anilines is 2. The normalized spacial score (nSPS) is 14.7. The SMILES string of the molecule is O=C1NC(=S)N(c2ccc(Oc3ccccc3)cc2)C(=O)C1=Cc1ccc(NS(=O)(=O)c2ccccc2)cc1O. The van der Waals surface area contributed by atoms with E-state index in [1.165, 1.54) is 36.4 Å². The van der Waals surface area contributed by atoms with Crippen LogP contribution in [0.1, 0.15) is 5.56 Å². The van der Waals surface area contributed by atoms with Crippen LogP contribution in [0.3, 0.4) is 0 Å². The Balaban J connectivity index is 1.37. The summed E-state index contributed by atoms with van der Waals surface area (Å²) in [5, 5.41) is 13.0. The van der Waals surface area contributed by atoms with Crippen molar-refractivity contribution >= 4 is 56.6 Å². The number of nitrogens with one attached hydrogen (secondary N) is 2. The highest BCUT2D eigenvalue weighted by molar-refractivity contribution is 7.92. The molecule has 1 aliphatic rings. The second-order valence-electron chi connectivity index (χ2n) is 8.56. The van der Waals surface area contributed by atoms with Gasteiger partial charge in [0.25, 0.3) is 21.8 Å². The summed E-state index contributed by atoms with van der Waals surface area (Å²) in [4.78, 5) is 27.2. The van der Waals surface area contributed by atoms with E-state index in [1.54, 1.807) is 42.5 Å². The number of sulfonamides is 1. The fourth-order valence-electron chi connectivity index (χ4n) is 3.88.